The zero-order valence-electron chi connectivity index (χ0n) is 11.8. The minimum absolute atomic E-state index is 0.261. The molecule has 1 aromatic rings. The van der Waals surface area contributed by atoms with Crippen molar-refractivity contribution in [3.8, 4) is 5.75 Å². The summed E-state index contributed by atoms with van der Waals surface area (Å²) in [5.74, 6) is 0.618. The summed E-state index contributed by atoms with van der Waals surface area (Å²) in [6.07, 6.45) is 5.12. The van der Waals surface area contributed by atoms with Crippen LogP contribution in [0.25, 0.3) is 0 Å². The third kappa shape index (κ3) is 3.54. The third-order valence-corrected chi connectivity index (χ3v) is 6.03. The number of sulfonamides is 1. The summed E-state index contributed by atoms with van der Waals surface area (Å²) >= 11 is 3.32. The first kappa shape index (κ1) is 15.8. The Balaban J connectivity index is 2.24. The minimum Gasteiger partial charge on any atom is -0.496 e. The van der Waals surface area contributed by atoms with Crippen LogP contribution in [0.3, 0.4) is 0 Å². The fourth-order valence-electron chi connectivity index (χ4n) is 2.63. The average molecular weight is 362 g/mol. The highest BCUT2D eigenvalue weighted by atomic mass is 79.9. The van der Waals surface area contributed by atoms with Gasteiger partial charge in [0.25, 0.3) is 0 Å². The number of hydrogen-bond acceptors (Lipinski definition) is 3. The smallest absolute Gasteiger partial charge is 0.241 e. The van der Waals surface area contributed by atoms with Crippen LogP contribution in [0.1, 0.15) is 39.0 Å². The molecule has 0 aromatic heterocycles. The molecule has 1 saturated carbocycles. The van der Waals surface area contributed by atoms with E-state index in [0.717, 1.165) is 25.7 Å². The van der Waals surface area contributed by atoms with E-state index in [9.17, 15) is 8.42 Å². The molecule has 0 unspecified atom stereocenters. The van der Waals surface area contributed by atoms with Crippen LogP contribution in [0.4, 0.5) is 0 Å². The molecule has 6 heteroatoms. The normalized spacial score (nSPS) is 18.8. The second kappa shape index (κ2) is 6.03. The summed E-state index contributed by atoms with van der Waals surface area (Å²) in [6.45, 7) is 1.99. The molecule has 0 aliphatic heterocycles. The topological polar surface area (TPSA) is 55.4 Å². The van der Waals surface area contributed by atoms with E-state index in [1.165, 1.54) is 6.42 Å². The first-order valence-corrected chi connectivity index (χ1v) is 9.01. The molecule has 1 N–H and O–H groups in total. The summed E-state index contributed by atoms with van der Waals surface area (Å²) in [5.41, 5.74) is -0.330. The maximum atomic E-state index is 12.5. The van der Waals surface area contributed by atoms with Crippen LogP contribution in [-0.4, -0.2) is 21.1 Å². The lowest BCUT2D eigenvalue weighted by Gasteiger charge is -2.34. The minimum atomic E-state index is -3.50. The van der Waals surface area contributed by atoms with Gasteiger partial charge in [0.1, 0.15) is 5.75 Å². The van der Waals surface area contributed by atoms with Gasteiger partial charge in [0.05, 0.1) is 16.5 Å². The molecule has 0 spiro atoms. The number of ether oxygens (including phenoxy) is 1. The SMILES string of the molecule is COc1ccc(S(=O)(=O)NC2(C)CCCCC2)cc1Br. The largest absolute Gasteiger partial charge is 0.496 e. The van der Waals surface area contributed by atoms with Crippen molar-refractivity contribution >= 4 is 26.0 Å². The van der Waals surface area contributed by atoms with Gasteiger partial charge in [0, 0.05) is 5.54 Å². The molecule has 1 fully saturated rings. The van der Waals surface area contributed by atoms with Gasteiger partial charge in [-0.25, -0.2) is 13.1 Å². The second-order valence-corrected chi connectivity index (χ2v) is 8.06. The van der Waals surface area contributed by atoms with Crippen LogP contribution in [-0.2, 0) is 10.0 Å². The predicted molar refractivity (Wildman–Crippen MR) is 82.5 cm³/mol. The Morgan fingerprint density at radius 3 is 2.45 bits per heavy atom. The third-order valence-electron chi connectivity index (χ3n) is 3.77. The van der Waals surface area contributed by atoms with Crippen molar-refractivity contribution in [3.63, 3.8) is 0 Å². The van der Waals surface area contributed by atoms with Gasteiger partial charge in [-0.3, -0.25) is 0 Å². The number of halogens is 1. The van der Waals surface area contributed by atoms with E-state index in [0.29, 0.717) is 10.2 Å². The zero-order valence-corrected chi connectivity index (χ0v) is 14.2. The molecular weight excluding hydrogens is 342 g/mol. The lowest BCUT2D eigenvalue weighted by Crippen LogP contribution is -2.47. The van der Waals surface area contributed by atoms with E-state index in [2.05, 4.69) is 20.7 Å². The highest BCUT2D eigenvalue weighted by Gasteiger charge is 2.32. The van der Waals surface area contributed by atoms with E-state index in [4.69, 9.17) is 4.74 Å². The lowest BCUT2D eigenvalue weighted by molar-refractivity contribution is 0.294. The Hall–Kier alpha value is -0.590. The van der Waals surface area contributed by atoms with Gasteiger partial charge < -0.3 is 4.74 Å². The Morgan fingerprint density at radius 1 is 1.25 bits per heavy atom. The summed E-state index contributed by atoms with van der Waals surface area (Å²) in [5, 5.41) is 0. The molecule has 2 rings (SSSR count). The lowest BCUT2D eigenvalue weighted by atomic mass is 9.84. The number of rotatable bonds is 4. The van der Waals surface area contributed by atoms with Gasteiger partial charge in [-0.2, -0.15) is 0 Å². The molecule has 1 aliphatic carbocycles. The summed E-state index contributed by atoms with van der Waals surface area (Å²) in [6, 6.07) is 4.80. The van der Waals surface area contributed by atoms with E-state index in [1.807, 2.05) is 6.92 Å². The quantitative estimate of drug-likeness (QED) is 0.893. The standard InChI is InChI=1S/C14H20BrNO3S/c1-14(8-4-3-5-9-14)16-20(17,18)11-6-7-13(19-2)12(15)10-11/h6-7,10,16H,3-5,8-9H2,1-2H3. The van der Waals surface area contributed by atoms with E-state index in [1.54, 1.807) is 25.3 Å². The number of hydrogen-bond donors (Lipinski definition) is 1. The van der Waals surface area contributed by atoms with E-state index in [-0.39, 0.29) is 10.4 Å². The maximum absolute atomic E-state index is 12.5. The van der Waals surface area contributed by atoms with Crippen molar-refractivity contribution in [3.05, 3.63) is 22.7 Å². The zero-order chi connectivity index (χ0) is 14.8. The molecule has 4 nitrogen and oxygen atoms in total. The van der Waals surface area contributed by atoms with Gasteiger partial charge >= 0.3 is 0 Å². The van der Waals surface area contributed by atoms with Crippen LogP contribution in [0.15, 0.2) is 27.6 Å². The number of methoxy groups -OCH3 is 1. The molecule has 20 heavy (non-hydrogen) atoms. The Labute approximate surface area is 129 Å². The molecule has 0 atom stereocenters. The molecule has 1 aromatic carbocycles. The van der Waals surface area contributed by atoms with Gasteiger partial charge in [0.2, 0.25) is 10.0 Å². The second-order valence-electron chi connectivity index (χ2n) is 5.52. The fraction of sp³-hybridized carbons (Fsp3) is 0.571. The Bertz CT molecular complexity index is 580. The van der Waals surface area contributed by atoms with Crippen molar-refractivity contribution in [2.75, 3.05) is 7.11 Å². The molecule has 0 amide bonds. The number of benzene rings is 1. The summed E-state index contributed by atoms with van der Waals surface area (Å²) in [7, 11) is -1.95. The van der Waals surface area contributed by atoms with Crippen LogP contribution in [0, 0.1) is 0 Å². The van der Waals surface area contributed by atoms with Crippen LogP contribution in [0.5, 0.6) is 5.75 Å². The van der Waals surface area contributed by atoms with Gasteiger partial charge in [-0.1, -0.05) is 19.3 Å². The van der Waals surface area contributed by atoms with Gasteiger partial charge in [-0.15, -0.1) is 0 Å². The van der Waals surface area contributed by atoms with Crippen LogP contribution in [0.2, 0.25) is 0 Å². The highest BCUT2D eigenvalue weighted by Crippen LogP contribution is 2.31. The summed E-state index contributed by atoms with van der Waals surface area (Å²) in [4.78, 5) is 0.261. The fourth-order valence-corrected chi connectivity index (χ4v) is 4.81. The molecule has 112 valence electrons. The molecule has 0 radical (unpaired) electrons. The van der Waals surface area contributed by atoms with Crippen molar-refractivity contribution in [2.45, 2.75) is 49.5 Å². The average Bonchev–Trinajstić information content (AvgIpc) is 2.38. The van der Waals surface area contributed by atoms with Crippen LogP contribution < -0.4 is 9.46 Å². The molecular formula is C14H20BrNO3S. The molecule has 1 aliphatic rings. The summed E-state index contributed by atoms with van der Waals surface area (Å²) < 4.78 is 33.6. The van der Waals surface area contributed by atoms with Gasteiger partial charge in [0.15, 0.2) is 0 Å². The first-order chi connectivity index (χ1) is 9.36. The highest BCUT2D eigenvalue weighted by molar-refractivity contribution is 9.10. The van der Waals surface area contributed by atoms with E-state index >= 15 is 0 Å². The van der Waals surface area contributed by atoms with E-state index < -0.39 is 10.0 Å². The molecule has 0 saturated heterocycles. The molecule has 0 heterocycles. The predicted octanol–water partition coefficient (Wildman–Crippen LogP) is 3.46. The van der Waals surface area contributed by atoms with Crippen molar-refractivity contribution in [1.82, 2.24) is 4.72 Å². The monoisotopic (exact) mass is 361 g/mol. The Kier molecular flexibility index (Phi) is 4.76. The Morgan fingerprint density at radius 2 is 1.90 bits per heavy atom. The number of nitrogens with one attached hydrogen (secondary N) is 1. The van der Waals surface area contributed by atoms with Crippen molar-refractivity contribution in [1.29, 1.82) is 0 Å². The first-order valence-electron chi connectivity index (χ1n) is 6.74. The van der Waals surface area contributed by atoms with Crippen molar-refractivity contribution < 1.29 is 13.2 Å². The van der Waals surface area contributed by atoms with Gasteiger partial charge in [-0.05, 0) is 53.9 Å². The molecule has 0 bridgehead atoms. The maximum Gasteiger partial charge on any atom is 0.241 e. The van der Waals surface area contributed by atoms with Crippen molar-refractivity contribution in [2.24, 2.45) is 0 Å². The van der Waals surface area contributed by atoms with Crippen LogP contribution >= 0.6 is 15.9 Å².